The van der Waals surface area contributed by atoms with Gasteiger partial charge in [0.1, 0.15) is 0 Å². The molecule has 0 unspecified atom stereocenters. The first kappa shape index (κ1) is 9.90. The van der Waals surface area contributed by atoms with Crippen LogP contribution in [-0.4, -0.2) is 30.9 Å². The molecule has 0 amide bonds. The topological polar surface area (TPSA) is 63.6 Å². The summed E-state index contributed by atoms with van der Waals surface area (Å²) >= 11 is 0. The fourth-order valence-corrected chi connectivity index (χ4v) is 2.94. The lowest BCUT2D eigenvalue weighted by atomic mass is 11.0. The summed E-state index contributed by atoms with van der Waals surface area (Å²) in [5.74, 6) is -0.0916. The van der Waals surface area contributed by atoms with E-state index in [0.29, 0.717) is 0 Å². The average Bonchev–Trinajstić information content (AvgIpc) is 1.60. The number of hydrogen-bond donors (Lipinski definition) is 0. The van der Waals surface area contributed by atoms with Gasteiger partial charge in [-0.2, -0.15) is 0 Å². The molecule has 0 atom stereocenters. The highest BCUT2D eigenvalue weighted by atomic mass is 32.3. The molecule has 4 nitrogen and oxygen atoms in total. The van der Waals surface area contributed by atoms with Crippen LogP contribution < -0.4 is 0 Å². The van der Waals surface area contributed by atoms with Crippen molar-refractivity contribution >= 4 is 19.8 Å². The Labute approximate surface area is 61.9 Å². The van der Waals surface area contributed by atoms with Crippen LogP contribution in [-0.2, 0) is 19.8 Å². The van der Waals surface area contributed by atoms with Gasteiger partial charge in [0.05, 0.1) is 15.5 Å². The summed E-state index contributed by atoms with van der Waals surface area (Å²) < 4.78 is 35.3. The van der Waals surface area contributed by atoms with Gasteiger partial charge >= 0.3 is 0 Å². The summed E-state index contributed by atoms with van der Waals surface area (Å²) in [5.41, 5.74) is 0. The van der Waals surface area contributed by atoms with E-state index in [1.54, 1.807) is 0 Å². The molecule has 0 aliphatic heterocycles. The molecule has 0 radical (unpaired) electrons. The zero-order chi connectivity index (χ0) is 8.41. The second-order valence-corrected chi connectivity index (χ2v) is 6.83. The van der Waals surface area contributed by atoms with Crippen LogP contribution in [0.1, 0.15) is 6.92 Å². The van der Waals surface area contributed by atoms with E-state index < -0.39 is 19.8 Å². The fourth-order valence-electron chi connectivity index (χ4n) is 0.326. The smallest absolute Gasteiger partial charge is 0.249 e. The monoisotopic (exact) mass is 185 g/mol. The molecule has 0 spiro atoms. The van der Waals surface area contributed by atoms with Gasteiger partial charge in [-0.25, -0.2) is 12.6 Å². The Morgan fingerprint density at radius 1 is 1.20 bits per heavy atom. The van der Waals surface area contributed by atoms with Crippen molar-refractivity contribution in [3.05, 3.63) is 0 Å². The van der Waals surface area contributed by atoms with E-state index in [9.17, 15) is 12.6 Å². The summed E-state index contributed by atoms with van der Waals surface area (Å²) in [6.07, 6.45) is 2.58. The van der Waals surface area contributed by atoms with Crippen LogP contribution in [0.5, 0.6) is 0 Å². The molecule has 62 valence electrons. The lowest BCUT2D eigenvalue weighted by Gasteiger charge is -1.93. The number of nitrogens with zero attached hydrogens (tertiary/aromatic N) is 1. The van der Waals surface area contributed by atoms with Crippen LogP contribution in [0.25, 0.3) is 0 Å². The molecule has 10 heavy (non-hydrogen) atoms. The molecule has 0 aliphatic rings. The van der Waals surface area contributed by atoms with Crippen LogP contribution in [0.3, 0.4) is 0 Å². The van der Waals surface area contributed by atoms with Crippen molar-refractivity contribution < 1.29 is 12.6 Å². The van der Waals surface area contributed by atoms with Crippen molar-refractivity contribution in [3.63, 3.8) is 0 Å². The van der Waals surface area contributed by atoms with Crippen molar-refractivity contribution in [1.82, 2.24) is 0 Å². The molecule has 0 bridgehead atoms. The Balaban J connectivity index is 4.97. The number of rotatable bonds is 2. The molecule has 0 N–H and O–H groups in total. The van der Waals surface area contributed by atoms with E-state index in [1.165, 1.54) is 19.4 Å². The normalized spacial score (nSPS) is 13.1. The van der Waals surface area contributed by atoms with E-state index in [-0.39, 0.29) is 5.75 Å². The van der Waals surface area contributed by atoms with Crippen LogP contribution in [0.4, 0.5) is 0 Å². The summed E-state index contributed by atoms with van der Waals surface area (Å²) in [6, 6.07) is 0. The molecule has 0 saturated heterocycles. The largest absolute Gasteiger partial charge is 0.260 e. The summed E-state index contributed by atoms with van der Waals surface area (Å²) in [6.45, 7) is 1.46. The Bertz CT molecular complexity index is 299. The van der Waals surface area contributed by atoms with Gasteiger partial charge < -0.3 is 0 Å². The SMILES string of the molecule is CCS(=O)(=O)N=S(C)(C)=O. The van der Waals surface area contributed by atoms with Gasteiger partial charge in [0.25, 0.3) is 10.0 Å². The van der Waals surface area contributed by atoms with Gasteiger partial charge in [0, 0.05) is 12.5 Å². The van der Waals surface area contributed by atoms with Gasteiger partial charge in [-0.3, -0.25) is 0 Å². The molecule has 0 saturated carbocycles. The van der Waals surface area contributed by atoms with Crippen molar-refractivity contribution in [1.29, 1.82) is 0 Å². The highest BCUT2D eigenvalue weighted by Crippen LogP contribution is 1.95. The van der Waals surface area contributed by atoms with Gasteiger partial charge in [0.2, 0.25) is 0 Å². The minimum Gasteiger partial charge on any atom is -0.249 e. The van der Waals surface area contributed by atoms with Gasteiger partial charge in [0.15, 0.2) is 0 Å². The Morgan fingerprint density at radius 2 is 1.60 bits per heavy atom. The second-order valence-electron chi connectivity index (χ2n) is 2.13. The molecule has 0 aliphatic carbocycles. The molecule has 0 aromatic carbocycles. The molecular weight excluding hydrogens is 174 g/mol. The Kier molecular flexibility index (Phi) is 2.85. The Morgan fingerprint density at radius 3 is 1.70 bits per heavy atom. The van der Waals surface area contributed by atoms with Crippen molar-refractivity contribution in [2.45, 2.75) is 6.92 Å². The molecule has 0 aromatic heterocycles. The average molecular weight is 185 g/mol. The van der Waals surface area contributed by atoms with E-state index in [4.69, 9.17) is 0 Å². The number of sulfonamides is 1. The van der Waals surface area contributed by atoms with Crippen LogP contribution in [0.15, 0.2) is 3.77 Å². The predicted molar refractivity (Wildman–Crippen MR) is 41.9 cm³/mol. The van der Waals surface area contributed by atoms with Crippen molar-refractivity contribution in [3.8, 4) is 0 Å². The maximum atomic E-state index is 10.8. The zero-order valence-corrected chi connectivity index (χ0v) is 7.83. The minimum atomic E-state index is -3.43. The first-order valence-electron chi connectivity index (χ1n) is 2.68. The quantitative estimate of drug-likeness (QED) is 0.611. The third-order valence-electron chi connectivity index (χ3n) is 0.658. The maximum absolute atomic E-state index is 10.8. The minimum absolute atomic E-state index is 0.0916. The standard InChI is InChI=1S/C4H11NO3S2/c1-4-10(7,8)5-9(2,3)6/h4H2,1-3H3. The molecule has 0 rings (SSSR count). The highest BCUT2D eigenvalue weighted by Gasteiger charge is 2.04. The van der Waals surface area contributed by atoms with Gasteiger partial charge in [-0.15, -0.1) is 3.77 Å². The van der Waals surface area contributed by atoms with E-state index in [2.05, 4.69) is 3.77 Å². The highest BCUT2D eigenvalue weighted by molar-refractivity contribution is 8.02. The van der Waals surface area contributed by atoms with Crippen LogP contribution in [0.2, 0.25) is 0 Å². The van der Waals surface area contributed by atoms with Gasteiger partial charge in [-0.1, -0.05) is 0 Å². The molecule has 0 fully saturated rings. The zero-order valence-electron chi connectivity index (χ0n) is 6.20. The third-order valence-corrected chi connectivity index (χ3v) is 3.73. The lowest BCUT2D eigenvalue weighted by Crippen LogP contribution is -2.03. The van der Waals surface area contributed by atoms with E-state index in [0.717, 1.165) is 0 Å². The first-order chi connectivity index (χ1) is 4.27. The van der Waals surface area contributed by atoms with E-state index >= 15 is 0 Å². The van der Waals surface area contributed by atoms with Crippen molar-refractivity contribution in [2.75, 3.05) is 18.3 Å². The van der Waals surface area contributed by atoms with Crippen molar-refractivity contribution in [2.24, 2.45) is 3.77 Å². The summed E-state index contributed by atoms with van der Waals surface area (Å²) in [7, 11) is -5.93. The van der Waals surface area contributed by atoms with E-state index in [1.807, 2.05) is 0 Å². The Hall–Kier alpha value is -0.100. The van der Waals surface area contributed by atoms with Crippen LogP contribution in [0, 0.1) is 0 Å². The van der Waals surface area contributed by atoms with Crippen LogP contribution >= 0.6 is 0 Å². The summed E-state index contributed by atoms with van der Waals surface area (Å²) in [5, 5.41) is 0. The summed E-state index contributed by atoms with van der Waals surface area (Å²) in [4.78, 5) is 0. The number of hydrogen-bond acceptors (Lipinski definition) is 3. The molecule has 0 heterocycles. The molecular formula is C4H11NO3S2. The molecule has 6 heteroatoms. The third kappa shape index (κ3) is 4.75. The predicted octanol–water partition coefficient (Wildman–Crippen LogP) is 0.0637. The molecule has 0 aromatic rings. The lowest BCUT2D eigenvalue weighted by molar-refractivity contribution is 0.599. The van der Waals surface area contributed by atoms with Gasteiger partial charge in [-0.05, 0) is 6.92 Å². The fraction of sp³-hybridized carbons (Fsp3) is 1.00. The second kappa shape index (κ2) is 2.87. The first-order valence-corrected chi connectivity index (χ1v) is 6.62. The maximum Gasteiger partial charge on any atom is 0.260 e.